The van der Waals surface area contributed by atoms with E-state index in [-0.39, 0.29) is 47.3 Å². The van der Waals surface area contributed by atoms with Gasteiger partial charge in [-0.2, -0.15) is 0 Å². The number of aromatic hydroxyl groups is 2. The van der Waals surface area contributed by atoms with Gasteiger partial charge in [0.15, 0.2) is 5.84 Å². The van der Waals surface area contributed by atoms with Gasteiger partial charge in [-0.05, 0) is 68.0 Å². The Kier molecular flexibility index (Phi) is 9.60. The number of carbonyl (C=O) groups is 2. The zero-order valence-electron chi connectivity index (χ0n) is 21.8. The minimum Gasteiger partial charge on any atom is -0.508 e. The predicted molar refractivity (Wildman–Crippen MR) is 142 cm³/mol. The summed E-state index contributed by atoms with van der Waals surface area (Å²) >= 11 is 0. The predicted octanol–water partition coefficient (Wildman–Crippen LogP) is 4.33. The molecule has 0 saturated carbocycles. The fourth-order valence-electron chi connectivity index (χ4n) is 3.92. The van der Waals surface area contributed by atoms with E-state index >= 15 is 0 Å². The van der Waals surface area contributed by atoms with Crippen LogP contribution in [0.15, 0.2) is 36.4 Å². The van der Waals surface area contributed by atoms with Gasteiger partial charge in [-0.3, -0.25) is 25.3 Å². The Labute approximate surface area is 212 Å². The number of carbonyl (C=O) groups excluding carboxylic acids is 2. The highest BCUT2D eigenvalue weighted by Crippen LogP contribution is 2.33. The first kappa shape index (κ1) is 28.4. The SMILES string of the molecule is CCNC(=O)C(=N)N(C(=N)c1cc(C(C)C)c(O)cc1O)c1ccc(C(=O)NC(C)CC(C)C)cc1. The van der Waals surface area contributed by atoms with E-state index in [2.05, 4.69) is 24.5 Å². The third-order valence-electron chi connectivity index (χ3n) is 5.61. The van der Waals surface area contributed by atoms with Crippen LogP contribution >= 0.6 is 0 Å². The molecule has 2 amide bonds. The molecule has 6 N–H and O–H groups in total. The van der Waals surface area contributed by atoms with Crippen LogP contribution in [0.3, 0.4) is 0 Å². The smallest absolute Gasteiger partial charge is 0.287 e. The highest BCUT2D eigenvalue weighted by atomic mass is 16.3. The number of likely N-dealkylation sites (N-methyl/N-ethyl adjacent to an activating group) is 1. The average molecular weight is 496 g/mol. The number of nitrogens with zero attached hydrogens (tertiary/aromatic N) is 1. The molecule has 0 aliphatic rings. The zero-order valence-corrected chi connectivity index (χ0v) is 21.8. The summed E-state index contributed by atoms with van der Waals surface area (Å²) in [4.78, 5) is 26.3. The molecule has 1 unspecified atom stereocenters. The minimum atomic E-state index is -0.700. The van der Waals surface area contributed by atoms with E-state index in [0.717, 1.165) is 17.4 Å². The first-order valence-corrected chi connectivity index (χ1v) is 12.1. The Bertz CT molecular complexity index is 1130. The number of nitrogens with one attached hydrogen (secondary N) is 4. The molecule has 9 nitrogen and oxygen atoms in total. The highest BCUT2D eigenvalue weighted by molar-refractivity contribution is 6.48. The molecule has 9 heteroatoms. The molecule has 0 aliphatic carbocycles. The molecule has 1 atom stereocenters. The van der Waals surface area contributed by atoms with Gasteiger partial charge in [0.25, 0.3) is 11.8 Å². The maximum absolute atomic E-state index is 12.6. The molecule has 0 radical (unpaired) electrons. The minimum absolute atomic E-state index is 0.000366. The summed E-state index contributed by atoms with van der Waals surface area (Å²) in [6.45, 7) is 11.8. The van der Waals surface area contributed by atoms with E-state index in [1.165, 1.54) is 6.07 Å². The average Bonchev–Trinajstić information content (AvgIpc) is 2.78. The Hall–Kier alpha value is -3.88. The molecule has 36 heavy (non-hydrogen) atoms. The highest BCUT2D eigenvalue weighted by Gasteiger charge is 2.27. The van der Waals surface area contributed by atoms with Crippen molar-refractivity contribution in [3.63, 3.8) is 0 Å². The number of benzene rings is 2. The van der Waals surface area contributed by atoms with Crippen LogP contribution in [0, 0.1) is 16.7 Å². The summed E-state index contributed by atoms with van der Waals surface area (Å²) in [7, 11) is 0. The van der Waals surface area contributed by atoms with Crippen molar-refractivity contribution < 1.29 is 19.8 Å². The standard InChI is InChI=1S/C27H37N5O4/c1-7-30-27(36)25(29)32(24(28)21-13-20(16(4)5)22(33)14-23(21)34)19-10-8-18(9-11-19)26(35)31-17(6)12-15(2)3/h8-11,13-17,28-29,33-34H,7,12H2,1-6H3,(H,30,36)(H,31,35). The van der Waals surface area contributed by atoms with E-state index in [1.54, 1.807) is 31.2 Å². The summed E-state index contributed by atoms with van der Waals surface area (Å²) in [6.07, 6.45) is 0.840. The molecule has 0 saturated heterocycles. The third kappa shape index (κ3) is 6.84. The van der Waals surface area contributed by atoms with Crippen molar-refractivity contribution in [1.29, 1.82) is 10.8 Å². The summed E-state index contributed by atoms with van der Waals surface area (Å²) < 4.78 is 0. The Morgan fingerprint density at radius 2 is 1.58 bits per heavy atom. The lowest BCUT2D eigenvalue weighted by atomic mass is 9.98. The van der Waals surface area contributed by atoms with Gasteiger partial charge in [-0.1, -0.05) is 27.7 Å². The van der Waals surface area contributed by atoms with Gasteiger partial charge in [0.1, 0.15) is 17.3 Å². The van der Waals surface area contributed by atoms with Gasteiger partial charge >= 0.3 is 0 Å². The van der Waals surface area contributed by atoms with Gasteiger partial charge in [0, 0.05) is 29.9 Å². The second-order valence-electron chi connectivity index (χ2n) is 9.53. The maximum Gasteiger partial charge on any atom is 0.287 e. The number of hydrogen-bond donors (Lipinski definition) is 6. The lowest BCUT2D eigenvalue weighted by molar-refractivity contribution is -0.114. The Morgan fingerprint density at radius 3 is 2.11 bits per heavy atom. The van der Waals surface area contributed by atoms with Crippen LogP contribution in [0.5, 0.6) is 11.5 Å². The second-order valence-corrected chi connectivity index (χ2v) is 9.53. The summed E-state index contributed by atoms with van der Waals surface area (Å²) in [5.74, 6) is -1.91. The van der Waals surface area contributed by atoms with E-state index in [4.69, 9.17) is 10.8 Å². The molecular weight excluding hydrogens is 458 g/mol. The largest absolute Gasteiger partial charge is 0.508 e. The number of amides is 2. The molecule has 0 spiro atoms. The van der Waals surface area contributed by atoms with Gasteiger partial charge in [0.05, 0.1) is 5.56 Å². The number of hydrogen-bond acceptors (Lipinski definition) is 6. The van der Waals surface area contributed by atoms with Crippen LogP contribution in [0.2, 0.25) is 0 Å². The van der Waals surface area contributed by atoms with E-state index < -0.39 is 11.7 Å². The number of phenolic OH excluding ortho intramolecular Hbond substituents is 2. The molecule has 0 aromatic heterocycles. The quantitative estimate of drug-likeness (QED) is 0.238. The first-order valence-electron chi connectivity index (χ1n) is 12.1. The molecule has 0 aliphatic heterocycles. The molecule has 2 aromatic carbocycles. The second kappa shape index (κ2) is 12.2. The Balaban J connectivity index is 2.47. The lowest BCUT2D eigenvalue weighted by Crippen LogP contribution is -2.46. The summed E-state index contributed by atoms with van der Waals surface area (Å²) in [6, 6.07) is 8.85. The summed E-state index contributed by atoms with van der Waals surface area (Å²) in [5.41, 5.74) is 1.26. The lowest BCUT2D eigenvalue weighted by Gasteiger charge is -2.26. The van der Waals surface area contributed by atoms with Crippen LogP contribution in [0.25, 0.3) is 0 Å². The van der Waals surface area contributed by atoms with Crippen molar-refractivity contribution in [2.24, 2.45) is 5.92 Å². The fraction of sp³-hybridized carbons (Fsp3) is 0.407. The number of anilines is 1. The maximum atomic E-state index is 12.6. The van der Waals surface area contributed by atoms with Crippen molar-refractivity contribution in [3.8, 4) is 11.5 Å². The van der Waals surface area contributed by atoms with Crippen molar-refractivity contribution in [2.45, 2.75) is 59.9 Å². The van der Waals surface area contributed by atoms with Crippen molar-refractivity contribution >= 4 is 29.2 Å². The molecule has 2 aromatic rings. The van der Waals surface area contributed by atoms with Crippen LogP contribution < -0.4 is 15.5 Å². The van der Waals surface area contributed by atoms with Crippen LogP contribution in [0.1, 0.15) is 75.4 Å². The third-order valence-corrected chi connectivity index (χ3v) is 5.61. The number of amidine groups is 2. The van der Waals surface area contributed by atoms with Gasteiger partial charge in [0.2, 0.25) is 0 Å². The van der Waals surface area contributed by atoms with E-state index in [0.29, 0.717) is 22.7 Å². The topological polar surface area (TPSA) is 150 Å². The van der Waals surface area contributed by atoms with Crippen LogP contribution in [-0.2, 0) is 4.79 Å². The van der Waals surface area contributed by atoms with E-state index in [1.807, 2.05) is 20.8 Å². The van der Waals surface area contributed by atoms with Crippen LogP contribution in [0.4, 0.5) is 5.69 Å². The first-order chi connectivity index (χ1) is 16.9. The molecular formula is C27H37N5O4. The Morgan fingerprint density at radius 1 is 0.972 bits per heavy atom. The molecule has 2 rings (SSSR count). The molecule has 0 bridgehead atoms. The van der Waals surface area contributed by atoms with Gasteiger partial charge < -0.3 is 20.8 Å². The normalized spacial score (nSPS) is 11.8. The number of phenols is 2. The molecule has 194 valence electrons. The molecule has 0 fully saturated rings. The molecule has 0 heterocycles. The van der Waals surface area contributed by atoms with Crippen molar-refractivity contribution in [2.75, 3.05) is 11.4 Å². The van der Waals surface area contributed by atoms with Crippen LogP contribution in [-0.4, -0.2) is 46.3 Å². The van der Waals surface area contributed by atoms with Crippen molar-refractivity contribution in [3.05, 3.63) is 53.1 Å². The van der Waals surface area contributed by atoms with Gasteiger partial charge in [-0.15, -0.1) is 0 Å². The number of rotatable bonds is 8. The van der Waals surface area contributed by atoms with Gasteiger partial charge in [-0.25, -0.2) is 0 Å². The fourth-order valence-corrected chi connectivity index (χ4v) is 3.92. The van der Waals surface area contributed by atoms with E-state index in [9.17, 15) is 19.8 Å². The zero-order chi connectivity index (χ0) is 27.2. The monoisotopic (exact) mass is 495 g/mol. The summed E-state index contributed by atoms with van der Waals surface area (Å²) in [5, 5.41) is 43.5. The van der Waals surface area contributed by atoms with Crippen molar-refractivity contribution in [1.82, 2.24) is 10.6 Å².